The lowest BCUT2D eigenvalue weighted by molar-refractivity contribution is -0.186. The normalized spacial score (nSPS) is 23.9. The molecule has 0 spiro atoms. The third-order valence-electron chi connectivity index (χ3n) is 6.54. The van der Waals surface area contributed by atoms with E-state index >= 15 is 0 Å². The molecule has 184 valence electrons. The summed E-state index contributed by atoms with van der Waals surface area (Å²) in [6, 6.07) is 15.1. The van der Waals surface area contributed by atoms with Crippen molar-refractivity contribution >= 4 is 27.9 Å². The minimum absolute atomic E-state index is 0.0573. The predicted molar refractivity (Wildman–Crippen MR) is 126 cm³/mol. The highest BCUT2D eigenvalue weighted by Crippen LogP contribution is 2.48. The van der Waals surface area contributed by atoms with Crippen molar-refractivity contribution in [3.8, 4) is 0 Å². The summed E-state index contributed by atoms with van der Waals surface area (Å²) < 4.78 is 38.7. The van der Waals surface area contributed by atoms with Crippen molar-refractivity contribution in [1.82, 2.24) is 4.31 Å². The number of benzene rings is 2. The maximum Gasteiger partial charge on any atom is 0.326 e. The van der Waals surface area contributed by atoms with Crippen LogP contribution in [-0.4, -0.2) is 43.2 Å². The molecule has 3 atom stereocenters. The first-order valence-corrected chi connectivity index (χ1v) is 12.8. The maximum atomic E-state index is 14.0. The molecule has 0 radical (unpaired) electrons. The lowest BCUT2D eigenvalue weighted by atomic mass is 9.63. The minimum atomic E-state index is -4.26. The zero-order valence-corrected chi connectivity index (χ0v) is 20.4. The van der Waals surface area contributed by atoms with E-state index in [0.717, 1.165) is 9.87 Å². The van der Waals surface area contributed by atoms with Crippen molar-refractivity contribution in [1.29, 1.82) is 0 Å². The van der Waals surface area contributed by atoms with Crippen molar-refractivity contribution in [2.24, 2.45) is 11.3 Å². The number of aryl methyl sites for hydroxylation is 1. The number of hydrogen-bond donors (Lipinski definition) is 0. The van der Waals surface area contributed by atoms with Gasteiger partial charge in [-0.05, 0) is 49.5 Å². The summed E-state index contributed by atoms with van der Waals surface area (Å²) in [7, 11) is -4.26. The number of rotatable bonds is 6. The Morgan fingerprint density at radius 2 is 1.77 bits per heavy atom. The van der Waals surface area contributed by atoms with Crippen molar-refractivity contribution in [2.75, 3.05) is 6.54 Å². The van der Waals surface area contributed by atoms with Gasteiger partial charge >= 0.3 is 11.9 Å². The number of fused-ring (bicyclic) bond motifs is 1. The largest absolute Gasteiger partial charge is 0.460 e. The van der Waals surface area contributed by atoms with Crippen LogP contribution in [0.4, 0.5) is 0 Å². The summed E-state index contributed by atoms with van der Waals surface area (Å²) in [5, 5.41) is 0. The van der Waals surface area contributed by atoms with Crippen LogP contribution in [0.2, 0.25) is 0 Å². The Morgan fingerprint density at radius 3 is 2.43 bits per heavy atom. The first-order chi connectivity index (χ1) is 16.7. The van der Waals surface area contributed by atoms with E-state index in [1.54, 1.807) is 42.5 Å². The highest BCUT2D eigenvalue weighted by Gasteiger charge is 2.65. The molecule has 2 aromatic rings. The lowest BCUT2D eigenvalue weighted by Gasteiger charge is -2.48. The van der Waals surface area contributed by atoms with E-state index in [2.05, 4.69) is 0 Å². The molecule has 1 aliphatic carbocycles. The van der Waals surface area contributed by atoms with E-state index in [1.807, 2.05) is 13.0 Å². The van der Waals surface area contributed by atoms with E-state index in [0.29, 0.717) is 12.0 Å². The number of sulfonamides is 1. The maximum absolute atomic E-state index is 14.0. The summed E-state index contributed by atoms with van der Waals surface area (Å²) in [6.45, 7) is 2.80. The molecule has 9 heteroatoms. The number of amides is 1. The smallest absolute Gasteiger partial charge is 0.326 e. The molecule has 0 N–H and O–H groups in total. The molecule has 2 aliphatic rings. The fourth-order valence-corrected chi connectivity index (χ4v) is 6.20. The van der Waals surface area contributed by atoms with Gasteiger partial charge < -0.3 is 9.47 Å². The monoisotopic (exact) mass is 497 g/mol. The van der Waals surface area contributed by atoms with Crippen LogP contribution in [-0.2, 0) is 40.5 Å². The van der Waals surface area contributed by atoms with Crippen LogP contribution in [0.3, 0.4) is 0 Å². The van der Waals surface area contributed by atoms with Crippen LogP contribution < -0.4 is 0 Å². The van der Waals surface area contributed by atoms with Crippen LogP contribution in [0, 0.1) is 18.3 Å². The standard InChI is InChI=1S/C26H27NO7S/c1-18-11-13-22(14-12-18)35(31,32)27-16-15-21-9-6-10-23(34-19(2)28)26(21,24(27)29)25(30)33-17-20-7-4-3-5-8-20/h3-8,10-14,21,23H,9,15-17H2,1-2H3/t21-,23-,26-/m0/s1. The number of allylic oxidation sites excluding steroid dienone is 1. The second-order valence-electron chi connectivity index (χ2n) is 8.81. The molecule has 1 aliphatic heterocycles. The number of carbonyl (C=O) groups excluding carboxylic acids is 3. The zero-order chi connectivity index (χ0) is 25.2. The highest BCUT2D eigenvalue weighted by molar-refractivity contribution is 7.89. The molecule has 0 saturated carbocycles. The molecular formula is C26H27NO7S. The molecule has 0 aromatic heterocycles. The topological polar surface area (TPSA) is 107 Å². The van der Waals surface area contributed by atoms with Gasteiger partial charge in [0.15, 0.2) is 5.41 Å². The third-order valence-corrected chi connectivity index (χ3v) is 8.33. The van der Waals surface area contributed by atoms with Crippen LogP contribution in [0.1, 0.15) is 30.9 Å². The Balaban J connectivity index is 1.76. The van der Waals surface area contributed by atoms with Gasteiger partial charge in [0.05, 0.1) is 4.90 Å². The minimum Gasteiger partial charge on any atom is -0.460 e. The zero-order valence-electron chi connectivity index (χ0n) is 19.5. The molecule has 2 aromatic carbocycles. The third kappa shape index (κ3) is 4.48. The molecule has 0 unspecified atom stereocenters. The fraction of sp³-hybridized carbons (Fsp3) is 0.346. The van der Waals surface area contributed by atoms with E-state index in [4.69, 9.17) is 9.47 Å². The van der Waals surface area contributed by atoms with Gasteiger partial charge in [-0.3, -0.25) is 14.4 Å². The average Bonchev–Trinajstić information content (AvgIpc) is 2.83. The summed E-state index contributed by atoms with van der Waals surface area (Å²) in [5.74, 6) is -3.13. The number of ether oxygens (including phenoxy) is 2. The lowest BCUT2D eigenvalue weighted by Crippen LogP contribution is -2.65. The van der Waals surface area contributed by atoms with Crippen LogP contribution in [0.15, 0.2) is 71.6 Å². The Hall–Kier alpha value is -3.46. The summed E-state index contributed by atoms with van der Waals surface area (Å²) in [6.07, 6.45) is 2.51. The van der Waals surface area contributed by atoms with Crippen molar-refractivity contribution in [3.63, 3.8) is 0 Å². The van der Waals surface area contributed by atoms with Gasteiger partial charge in [-0.15, -0.1) is 0 Å². The van der Waals surface area contributed by atoms with Gasteiger partial charge in [0.2, 0.25) is 0 Å². The number of carbonyl (C=O) groups is 3. The molecule has 1 fully saturated rings. The molecule has 35 heavy (non-hydrogen) atoms. The van der Waals surface area contributed by atoms with Crippen molar-refractivity contribution < 1.29 is 32.3 Å². The van der Waals surface area contributed by atoms with E-state index in [-0.39, 0.29) is 24.5 Å². The second-order valence-corrected chi connectivity index (χ2v) is 10.7. The molecule has 0 bridgehead atoms. The fourth-order valence-electron chi connectivity index (χ4n) is 4.75. The Kier molecular flexibility index (Phi) is 6.80. The molecule has 1 amide bonds. The molecule has 1 heterocycles. The molecule has 4 rings (SSSR count). The first-order valence-electron chi connectivity index (χ1n) is 11.4. The van der Waals surface area contributed by atoms with Crippen LogP contribution in [0.5, 0.6) is 0 Å². The second kappa shape index (κ2) is 9.65. The predicted octanol–water partition coefficient (Wildman–Crippen LogP) is 3.15. The quantitative estimate of drug-likeness (QED) is 0.343. The highest BCUT2D eigenvalue weighted by atomic mass is 32.2. The number of piperidine rings is 1. The Labute approximate surface area is 204 Å². The van der Waals surface area contributed by atoms with Gasteiger partial charge in [0.25, 0.3) is 15.9 Å². The van der Waals surface area contributed by atoms with E-state index in [1.165, 1.54) is 25.1 Å². The Bertz CT molecular complexity index is 1250. The van der Waals surface area contributed by atoms with Crippen molar-refractivity contribution in [3.05, 3.63) is 77.9 Å². The number of hydrogen-bond acceptors (Lipinski definition) is 7. The molecule has 8 nitrogen and oxygen atoms in total. The van der Waals surface area contributed by atoms with E-state index < -0.39 is 45.3 Å². The van der Waals surface area contributed by atoms with Gasteiger partial charge in [-0.25, -0.2) is 12.7 Å². The average molecular weight is 498 g/mol. The summed E-state index contributed by atoms with van der Waals surface area (Å²) in [4.78, 5) is 39.6. The first kappa shape index (κ1) is 24.7. The van der Waals surface area contributed by atoms with Crippen LogP contribution in [0.25, 0.3) is 0 Å². The van der Waals surface area contributed by atoms with E-state index in [9.17, 15) is 22.8 Å². The van der Waals surface area contributed by atoms with Gasteiger partial charge in [0, 0.05) is 13.5 Å². The van der Waals surface area contributed by atoms with Gasteiger partial charge in [-0.2, -0.15) is 0 Å². The Morgan fingerprint density at radius 1 is 1.09 bits per heavy atom. The molecular weight excluding hydrogens is 470 g/mol. The SMILES string of the molecule is CC(=O)O[C@H]1C=CC[C@H]2CCN(S(=O)(=O)c3ccc(C)cc3)C(=O)[C@]21C(=O)OCc1ccccc1. The van der Waals surface area contributed by atoms with Crippen molar-refractivity contribution in [2.45, 2.75) is 44.3 Å². The number of nitrogens with zero attached hydrogens (tertiary/aromatic N) is 1. The summed E-state index contributed by atoms with van der Waals surface area (Å²) >= 11 is 0. The molecule has 1 saturated heterocycles. The van der Waals surface area contributed by atoms with Crippen LogP contribution >= 0.6 is 0 Å². The van der Waals surface area contributed by atoms with Gasteiger partial charge in [-0.1, -0.05) is 54.1 Å². The summed E-state index contributed by atoms with van der Waals surface area (Å²) in [5.41, 5.74) is -0.440. The number of esters is 2. The van der Waals surface area contributed by atoms with Gasteiger partial charge in [0.1, 0.15) is 12.7 Å².